The molecule has 0 aliphatic rings. The first-order valence-electron chi connectivity index (χ1n) is 3.27. The van der Waals surface area contributed by atoms with Crippen LogP contribution in [-0.4, -0.2) is 20.1 Å². The molecule has 0 unspecified atom stereocenters. The van der Waals surface area contributed by atoms with Gasteiger partial charge in [0.15, 0.2) is 5.75 Å². The standard InChI is InChI=1S/C7H7ClO4S/c1-12-7-5(8)3-2-4-6(7)13(9,10)11/h2-4H,1H3,(H,9,10,11). The summed E-state index contributed by atoms with van der Waals surface area (Å²) in [5.41, 5.74) is 0. The maximum Gasteiger partial charge on any atom is 0.298 e. The molecular formula is C7H7ClO4S. The van der Waals surface area contributed by atoms with Crippen molar-refractivity contribution in [3.05, 3.63) is 23.2 Å². The average molecular weight is 223 g/mol. The molecule has 0 aliphatic heterocycles. The minimum Gasteiger partial charge on any atom is -0.494 e. The third-order valence-corrected chi connectivity index (χ3v) is 2.59. The Morgan fingerprint density at radius 1 is 1.46 bits per heavy atom. The Bertz CT molecular complexity index is 413. The van der Waals surface area contributed by atoms with Crippen molar-refractivity contribution in [1.82, 2.24) is 0 Å². The molecule has 1 rings (SSSR count). The predicted octanol–water partition coefficient (Wildman–Crippen LogP) is 1.60. The van der Waals surface area contributed by atoms with Crippen LogP contribution in [0, 0.1) is 0 Å². The van der Waals surface area contributed by atoms with Crippen LogP contribution in [0.15, 0.2) is 23.1 Å². The molecule has 6 heteroatoms. The van der Waals surface area contributed by atoms with Gasteiger partial charge >= 0.3 is 0 Å². The molecule has 72 valence electrons. The van der Waals surface area contributed by atoms with Gasteiger partial charge in [-0.1, -0.05) is 17.7 Å². The number of ether oxygens (including phenoxy) is 1. The minimum absolute atomic E-state index is 0.0494. The van der Waals surface area contributed by atoms with E-state index in [1.807, 2.05) is 0 Å². The van der Waals surface area contributed by atoms with E-state index in [0.717, 1.165) is 0 Å². The van der Waals surface area contributed by atoms with Crippen LogP contribution in [0.4, 0.5) is 0 Å². The van der Waals surface area contributed by atoms with E-state index in [4.69, 9.17) is 20.9 Å². The number of hydrogen-bond acceptors (Lipinski definition) is 3. The summed E-state index contributed by atoms with van der Waals surface area (Å²) in [7, 11) is -3.00. The zero-order chi connectivity index (χ0) is 10.1. The molecule has 0 spiro atoms. The molecule has 0 saturated heterocycles. The van der Waals surface area contributed by atoms with Gasteiger partial charge in [0.2, 0.25) is 0 Å². The summed E-state index contributed by atoms with van der Waals surface area (Å²) in [5, 5.41) is 0.137. The molecule has 4 nitrogen and oxygen atoms in total. The first kappa shape index (κ1) is 10.3. The van der Waals surface area contributed by atoms with Gasteiger partial charge < -0.3 is 4.74 Å². The lowest BCUT2D eigenvalue weighted by Gasteiger charge is -2.06. The van der Waals surface area contributed by atoms with E-state index in [9.17, 15) is 8.42 Å². The average Bonchev–Trinajstić information content (AvgIpc) is 2.02. The highest BCUT2D eigenvalue weighted by molar-refractivity contribution is 7.86. The van der Waals surface area contributed by atoms with Crippen LogP contribution in [-0.2, 0) is 10.1 Å². The zero-order valence-corrected chi connectivity index (χ0v) is 8.26. The van der Waals surface area contributed by atoms with Gasteiger partial charge in [-0.3, -0.25) is 4.55 Å². The van der Waals surface area contributed by atoms with Crippen LogP contribution < -0.4 is 4.74 Å². The molecule has 0 heterocycles. The number of hydrogen-bond donors (Lipinski definition) is 1. The second kappa shape index (κ2) is 3.53. The molecule has 1 aromatic rings. The Labute approximate surface area is 80.8 Å². The molecule has 0 fully saturated rings. The Kier molecular flexibility index (Phi) is 2.80. The molecule has 0 aliphatic carbocycles. The lowest BCUT2D eigenvalue weighted by atomic mass is 10.3. The Balaban J connectivity index is 3.47. The number of benzene rings is 1. The summed E-state index contributed by atoms with van der Waals surface area (Å²) in [6.07, 6.45) is 0. The van der Waals surface area contributed by atoms with Crippen LogP contribution in [0.5, 0.6) is 5.75 Å². The van der Waals surface area contributed by atoms with E-state index in [2.05, 4.69) is 0 Å². The fourth-order valence-electron chi connectivity index (χ4n) is 0.890. The van der Waals surface area contributed by atoms with Crippen molar-refractivity contribution >= 4 is 21.7 Å². The third kappa shape index (κ3) is 2.12. The van der Waals surface area contributed by atoms with Crippen molar-refractivity contribution in [3.8, 4) is 5.75 Å². The summed E-state index contributed by atoms with van der Waals surface area (Å²) in [6, 6.07) is 4.09. The molecule has 0 radical (unpaired) electrons. The quantitative estimate of drug-likeness (QED) is 0.772. The second-order valence-electron chi connectivity index (χ2n) is 2.25. The fraction of sp³-hybridized carbons (Fsp3) is 0.143. The molecule has 1 aromatic carbocycles. The summed E-state index contributed by atoms with van der Waals surface area (Å²) in [6.45, 7) is 0. The van der Waals surface area contributed by atoms with Gasteiger partial charge in [-0.15, -0.1) is 0 Å². The zero-order valence-electron chi connectivity index (χ0n) is 6.69. The number of halogens is 1. The molecule has 0 atom stereocenters. The first-order chi connectivity index (χ1) is 5.96. The van der Waals surface area contributed by atoms with E-state index >= 15 is 0 Å². The van der Waals surface area contributed by atoms with Gasteiger partial charge in [0.25, 0.3) is 10.1 Å². The molecule has 0 aromatic heterocycles. The highest BCUT2D eigenvalue weighted by atomic mass is 35.5. The Morgan fingerprint density at radius 2 is 2.08 bits per heavy atom. The molecule has 13 heavy (non-hydrogen) atoms. The van der Waals surface area contributed by atoms with Crippen molar-refractivity contribution in [3.63, 3.8) is 0 Å². The Morgan fingerprint density at radius 3 is 2.46 bits per heavy atom. The molecule has 0 amide bonds. The van der Waals surface area contributed by atoms with Crippen molar-refractivity contribution in [1.29, 1.82) is 0 Å². The number of para-hydroxylation sites is 1. The SMILES string of the molecule is COc1c(Cl)cccc1S(=O)(=O)O. The van der Waals surface area contributed by atoms with E-state index in [0.29, 0.717) is 0 Å². The fourth-order valence-corrected chi connectivity index (χ4v) is 1.88. The summed E-state index contributed by atoms with van der Waals surface area (Å²) in [4.78, 5) is -0.331. The summed E-state index contributed by atoms with van der Waals surface area (Å²) in [5.74, 6) is -0.0494. The molecule has 0 bridgehead atoms. The second-order valence-corrected chi connectivity index (χ2v) is 4.04. The first-order valence-corrected chi connectivity index (χ1v) is 5.08. The normalized spacial score (nSPS) is 11.3. The van der Waals surface area contributed by atoms with Crippen molar-refractivity contribution in [2.45, 2.75) is 4.90 Å². The van der Waals surface area contributed by atoms with Crippen LogP contribution in [0.3, 0.4) is 0 Å². The summed E-state index contributed by atoms with van der Waals surface area (Å²) >= 11 is 5.64. The van der Waals surface area contributed by atoms with Gasteiger partial charge in [-0.25, -0.2) is 0 Å². The maximum atomic E-state index is 10.8. The van der Waals surface area contributed by atoms with Crippen LogP contribution in [0.1, 0.15) is 0 Å². The summed E-state index contributed by atoms with van der Waals surface area (Å²) < 4.78 is 35.1. The smallest absolute Gasteiger partial charge is 0.298 e. The predicted molar refractivity (Wildman–Crippen MR) is 47.8 cm³/mol. The van der Waals surface area contributed by atoms with Crippen LogP contribution >= 0.6 is 11.6 Å². The Hall–Kier alpha value is -0.780. The van der Waals surface area contributed by atoms with Crippen molar-refractivity contribution < 1.29 is 17.7 Å². The van der Waals surface area contributed by atoms with E-state index in [-0.39, 0.29) is 15.7 Å². The lowest BCUT2D eigenvalue weighted by Crippen LogP contribution is -2.01. The topological polar surface area (TPSA) is 63.6 Å². The number of methoxy groups -OCH3 is 1. The van der Waals surface area contributed by atoms with Crippen molar-refractivity contribution in [2.75, 3.05) is 7.11 Å². The van der Waals surface area contributed by atoms with Gasteiger partial charge in [0.1, 0.15) is 4.90 Å². The lowest BCUT2D eigenvalue weighted by molar-refractivity contribution is 0.398. The molecule has 1 N–H and O–H groups in total. The third-order valence-electron chi connectivity index (χ3n) is 1.41. The monoisotopic (exact) mass is 222 g/mol. The van der Waals surface area contributed by atoms with E-state index in [1.165, 1.54) is 25.3 Å². The van der Waals surface area contributed by atoms with Gasteiger partial charge in [0, 0.05) is 0 Å². The van der Waals surface area contributed by atoms with Gasteiger partial charge in [-0.2, -0.15) is 8.42 Å². The molecular weight excluding hydrogens is 216 g/mol. The van der Waals surface area contributed by atoms with Gasteiger partial charge in [0.05, 0.1) is 12.1 Å². The number of rotatable bonds is 2. The molecule has 0 saturated carbocycles. The highest BCUT2D eigenvalue weighted by Gasteiger charge is 2.17. The van der Waals surface area contributed by atoms with Gasteiger partial charge in [-0.05, 0) is 12.1 Å². The highest BCUT2D eigenvalue weighted by Crippen LogP contribution is 2.31. The van der Waals surface area contributed by atoms with Crippen molar-refractivity contribution in [2.24, 2.45) is 0 Å². The minimum atomic E-state index is -4.28. The van der Waals surface area contributed by atoms with Crippen LogP contribution in [0.25, 0.3) is 0 Å². The van der Waals surface area contributed by atoms with E-state index < -0.39 is 10.1 Å². The largest absolute Gasteiger partial charge is 0.494 e. The maximum absolute atomic E-state index is 10.8. The van der Waals surface area contributed by atoms with E-state index in [1.54, 1.807) is 0 Å². The van der Waals surface area contributed by atoms with Crippen LogP contribution in [0.2, 0.25) is 5.02 Å².